The number of benzene rings is 2. The summed E-state index contributed by atoms with van der Waals surface area (Å²) in [6, 6.07) is 11.4. The van der Waals surface area contributed by atoms with Crippen LogP contribution in [0.4, 0.5) is 5.69 Å². The fourth-order valence-electron chi connectivity index (χ4n) is 4.76. The van der Waals surface area contributed by atoms with E-state index in [0.717, 1.165) is 17.7 Å². The third kappa shape index (κ3) is 4.27. The van der Waals surface area contributed by atoms with Crippen LogP contribution in [0.1, 0.15) is 50.8 Å². The van der Waals surface area contributed by atoms with E-state index >= 15 is 0 Å². The van der Waals surface area contributed by atoms with Crippen molar-refractivity contribution in [3.8, 4) is 5.75 Å². The predicted octanol–water partition coefficient (Wildman–Crippen LogP) is 2.35. The van der Waals surface area contributed by atoms with Gasteiger partial charge >= 0.3 is 0 Å². The lowest BCUT2D eigenvalue weighted by Gasteiger charge is -2.35. The quantitative estimate of drug-likeness (QED) is 0.614. The molecule has 9 nitrogen and oxygen atoms in total. The minimum absolute atomic E-state index is 0.00869. The van der Waals surface area contributed by atoms with Crippen LogP contribution in [0, 0.1) is 0 Å². The van der Waals surface area contributed by atoms with Crippen molar-refractivity contribution in [3.63, 3.8) is 0 Å². The van der Waals surface area contributed by atoms with Gasteiger partial charge in [0.25, 0.3) is 23.6 Å². The molecule has 182 valence electrons. The summed E-state index contributed by atoms with van der Waals surface area (Å²) in [6.07, 6.45) is 1.27. The second-order valence-electron chi connectivity index (χ2n) is 8.75. The summed E-state index contributed by atoms with van der Waals surface area (Å²) in [4.78, 5) is 56.3. The number of carbonyl (C=O) groups is 4. The third-order valence-corrected chi connectivity index (χ3v) is 6.62. The van der Waals surface area contributed by atoms with E-state index in [9.17, 15) is 19.2 Å². The molecule has 5 rings (SSSR count). The Kier molecular flexibility index (Phi) is 6.25. The van der Waals surface area contributed by atoms with Crippen LogP contribution in [0.25, 0.3) is 0 Å². The zero-order valence-corrected chi connectivity index (χ0v) is 19.6. The Morgan fingerprint density at radius 1 is 0.943 bits per heavy atom. The van der Waals surface area contributed by atoms with Crippen molar-refractivity contribution >= 4 is 29.3 Å². The van der Waals surface area contributed by atoms with Gasteiger partial charge in [0.1, 0.15) is 11.9 Å². The van der Waals surface area contributed by atoms with Crippen LogP contribution in [-0.4, -0.2) is 78.9 Å². The first-order valence-electron chi connectivity index (χ1n) is 11.9. The molecule has 2 saturated heterocycles. The zero-order valence-electron chi connectivity index (χ0n) is 19.6. The van der Waals surface area contributed by atoms with Crippen LogP contribution >= 0.6 is 0 Å². The Balaban J connectivity index is 1.27. The summed E-state index contributed by atoms with van der Waals surface area (Å²) in [7, 11) is 0. The number of carbonyl (C=O) groups excluding carboxylic acids is 4. The number of hydrogen-bond donors (Lipinski definition) is 0. The average Bonchev–Trinajstić information content (AvgIpc) is 3.51. The minimum Gasteiger partial charge on any atom is -0.494 e. The highest BCUT2D eigenvalue weighted by atomic mass is 16.5. The van der Waals surface area contributed by atoms with Gasteiger partial charge in [-0.05, 0) is 62.2 Å². The van der Waals surface area contributed by atoms with E-state index in [1.807, 2.05) is 6.92 Å². The molecule has 3 aliphatic rings. The number of ether oxygens (including phenoxy) is 2. The van der Waals surface area contributed by atoms with E-state index in [2.05, 4.69) is 0 Å². The number of imide groups is 1. The van der Waals surface area contributed by atoms with Crippen molar-refractivity contribution < 1.29 is 28.7 Å². The zero-order chi connectivity index (χ0) is 24.5. The number of fused-ring (bicyclic) bond motifs is 1. The Bertz CT molecular complexity index is 1160. The van der Waals surface area contributed by atoms with E-state index in [-0.39, 0.29) is 29.0 Å². The first kappa shape index (κ1) is 23.0. The fraction of sp³-hybridized carbons (Fsp3) is 0.385. The molecule has 2 fully saturated rings. The first-order valence-corrected chi connectivity index (χ1v) is 11.9. The van der Waals surface area contributed by atoms with E-state index in [0.29, 0.717) is 56.4 Å². The topological polar surface area (TPSA) is 96.5 Å². The lowest BCUT2D eigenvalue weighted by atomic mass is 10.0. The van der Waals surface area contributed by atoms with Crippen LogP contribution in [0.3, 0.4) is 0 Å². The van der Waals surface area contributed by atoms with Gasteiger partial charge in [-0.1, -0.05) is 0 Å². The van der Waals surface area contributed by atoms with Gasteiger partial charge < -0.3 is 19.3 Å². The molecule has 0 N–H and O–H groups in total. The molecular formula is C26H27N3O6. The van der Waals surface area contributed by atoms with Gasteiger partial charge in [0.15, 0.2) is 0 Å². The largest absolute Gasteiger partial charge is 0.494 e. The normalized spacial score (nSPS) is 19.8. The van der Waals surface area contributed by atoms with Crippen LogP contribution in [0.15, 0.2) is 42.5 Å². The summed E-state index contributed by atoms with van der Waals surface area (Å²) in [5.74, 6) is -0.467. The Hall–Kier alpha value is -3.72. The van der Waals surface area contributed by atoms with Gasteiger partial charge in [0.2, 0.25) is 0 Å². The minimum atomic E-state index is -0.462. The molecule has 0 saturated carbocycles. The monoisotopic (exact) mass is 477 g/mol. The Labute approximate surface area is 203 Å². The van der Waals surface area contributed by atoms with Crippen molar-refractivity contribution in [3.05, 3.63) is 59.2 Å². The molecule has 0 aliphatic carbocycles. The molecular weight excluding hydrogens is 450 g/mol. The van der Waals surface area contributed by atoms with Crippen molar-refractivity contribution in [2.24, 2.45) is 0 Å². The van der Waals surface area contributed by atoms with E-state index in [1.54, 1.807) is 40.1 Å². The number of piperazine rings is 1. The predicted molar refractivity (Wildman–Crippen MR) is 127 cm³/mol. The van der Waals surface area contributed by atoms with Crippen LogP contribution in [0.5, 0.6) is 5.75 Å². The standard InChI is InChI=1S/C26H27N3O6/c1-2-34-19-8-6-18(7-9-19)29-24(31)20-10-5-17(16-21(20)25(29)32)23(30)27-11-13-28(14-12-27)26(33)22-4-3-15-35-22/h5-10,16,22H,2-4,11-15H2,1H3. The number of nitrogens with zero attached hydrogens (tertiary/aromatic N) is 3. The molecule has 0 radical (unpaired) electrons. The van der Waals surface area contributed by atoms with Gasteiger partial charge in [-0.15, -0.1) is 0 Å². The number of amides is 4. The van der Waals surface area contributed by atoms with E-state index < -0.39 is 11.8 Å². The smallest absolute Gasteiger partial charge is 0.266 e. The molecule has 3 heterocycles. The van der Waals surface area contributed by atoms with Gasteiger partial charge in [0, 0.05) is 38.3 Å². The summed E-state index contributed by atoms with van der Waals surface area (Å²) < 4.78 is 10.9. The van der Waals surface area contributed by atoms with Crippen molar-refractivity contribution in [1.82, 2.24) is 9.80 Å². The Morgan fingerprint density at radius 2 is 1.63 bits per heavy atom. The van der Waals surface area contributed by atoms with Crippen molar-refractivity contribution in [2.45, 2.75) is 25.9 Å². The van der Waals surface area contributed by atoms with Crippen molar-refractivity contribution in [1.29, 1.82) is 0 Å². The molecule has 9 heteroatoms. The van der Waals surface area contributed by atoms with E-state index in [4.69, 9.17) is 9.47 Å². The number of hydrogen-bond acceptors (Lipinski definition) is 6. The molecule has 1 atom stereocenters. The highest BCUT2D eigenvalue weighted by Gasteiger charge is 2.38. The highest BCUT2D eigenvalue weighted by molar-refractivity contribution is 6.34. The molecule has 3 aliphatic heterocycles. The van der Waals surface area contributed by atoms with Crippen molar-refractivity contribution in [2.75, 3.05) is 44.3 Å². The SMILES string of the molecule is CCOc1ccc(N2C(=O)c3ccc(C(=O)N4CCN(C(=O)C5CCCO5)CC4)cc3C2=O)cc1. The maximum absolute atomic E-state index is 13.1. The first-order chi connectivity index (χ1) is 17.0. The molecule has 2 aromatic rings. The Morgan fingerprint density at radius 3 is 2.29 bits per heavy atom. The molecule has 2 aromatic carbocycles. The number of anilines is 1. The lowest BCUT2D eigenvalue weighted by molar-refractivity contribution is -0.142. The molecule has 0 aromatic heterocycles. The molecule has 4 amide bonds. The summed E-state index contributed by atoms with van der Waals surface area (Å²) in [5, 5.41) is 0. The van der Waals surface area contributed by atoms with Crippen LogP contribution in [0.2, 0.25) is 0 Å². The summed E-state index contributed by atoms with van der Waals surface area (Å²) >= 11 is 0. The third-order valence-electron chi connectivity index (χ3n) is 6.62. The summed E-state index contributed by atoms with van der Waals surface area (Å²) in [5.41, 5.74) is 1.27. The molecule has 0 spiro atoms. The van der Waals surface area contributed by atoms with Gasteiger partial charge in [-0.2, -0.15) is 0 Å². The van der Waals surface area contributed by atoms with Gasteiger partial charge in [-0.3, -0.25) is 19.2 Å². The lowest BCUT2D eigenvalue weighted by Crippen LogP contribution is -2.52. The van der Waals surface area contributed by atoms with Gasteiger partial charge in [-0.25, -0.2) is 4.90 Å². The second-order valence-corrected chi connectivity index (χ2v) is 8.75. The van der Waals surface area contributed by atoms with Crippen LogP contribution in [-0.2, 0) is 9.53 Å². The number of rotatable bonds is 5. The molecule has 1 unspecified atom stereocenters. The molecule has 35 heavy (non-hydrogen) atoms. The fourth-order valence-corrected chi connectivity index (χ4v) is 4.76. The summed E-state index contributed by atoms with van der Waals surface area (Å²) in [6.45, 7) is 4.70. The maximum atomic E-state index is 13.1. The molecule has 0 bridgehead atoms. The maximum Gasteiger partial charge on any atom is 0.266 e. The van der Waals surface area contributed by atoms with Gasteiger partial charge in [0.05, 0.1) is 23.4 Å². The van der Waals surface area contributed by atoms with E-state index in [1.165, 1.54) is 12.1 Å². The second kappa shape index (κ2) is 9.50. The average molecular weight is 478 g/mol. The highest BCUT2D eigenvalue weighted by Crippen LogP contribution is 2.30. The van der Waals surface area contributed by atoms with Crippen LogP contribution < -0.4 is 9.64 Å².